The van der Waals surface area contributed by atoms with Crippen molar-refractivity contribution in [2.75, 3.05) is 6.54 Å². The molecule has 0 aromatic heterocycles. The summed E-state index contributed by atoms with van der Waals surface area (Å²) in [6, 6.07) is 19.1. The van der Waals surface area contributed by atoms with Gasteiger partial charge in [-0.25, -0.2) is 0 Å². The molecule has 3 aromatic carbocycles. The number of nitro benzene ring substituents is 1. The Morgan fingerprint density at radius 1 is 1.08 bits per heavy atom. The monoisotopic (exact) mass is 350 g/mol. The van der Waals surface area contributed by atoms with Crippen LogP contribution in [0, 0.1) is 10.1 Å². The molecule has 1 atom stereocenters. The molecule has 3 aromatic rings. The lowest BCUT2D eigenvalue weighted by Crippen LogP contribution is -2.25. The number of hydrogen-bond acceptors (Lipinski definition) is 4. The molecule has 6 heteroatoms. The van der Waals surface area contributed by atoms with Crippen molar-refractivity contribution in [2.45, 2.75) is 12.5 Å². The van der Waals surface area contributed by atoms with E-state index in [-0.39, 0.29) is 17.8 Å². The summed E-state index contributed by atoms with van der Waals surface area (Å²) >= 11 is 0. The van der Waals surface area contributed by atoms with E-state index >= 15 is 0 Å². The maximum absolute atomic E-state index is 12.1. The molecular weight excluding hydrogens is 332 g/mol. The van der Waals surface area contributed by atoms with Crippen molar-refractivity contribution < 1.29 is 14.8 Å². The minimum Gasteiger partial charge on any atom is -0.388 e. The van der Waals surface area contributed by atoms with Crippen LogP contribution >= 0.6 is 0 Å². The topological polar surface area (TPSA) is 92.5 Å². The summed E-state index contributed by atoms with van der Waals surface area (Å²) < 4.78 is 0. The van der Waals surface area contributed by atoms with E-state index in [4.69, 9.17) is 0 Å². The van der Waals surface area contributed by atoms with Crippen molar-refractivity contribution in [3.63, 3.8) is 0 Å². The first-order chi connectivity index (χ1) is 12.6. The van der Waals surface area contributed by atoms with Crippen molar-refractivity contribution in [3.05, 3.63) is 88.0 Å². The highest BCUT2D eigenvalue weighted by molar-refractivity contribution is 5.94. The fourth-order valence-electron chi connectivity index (χ4n) is 2.88. The molecule has 0 bridgehead atoms. The molecule has 3 rings (SSSR count). The number of amides is 1. The highest BCUT2D eigenvalue weighted by Crippen LogP contribution is 2.25. The second-order valence-corrected chi connectivity index (χ2v) is 5.94. The minimum absolute atomic E-state index is 0.131. The van der Waals surface area contributed by atoms with Crippen molar-refractivity contribution in [2.24, 2.45) is 0 Å². The summed E-state index contributed by atoms with van der Waals surface area (Å²) in [5, 5.41) is 26.0. The smallest absolute Gasteiger partial charge is 0.270 e. The number of non-ortho nitro benzene ring substituents is 1. The SMILES string of the molecule is O=C(NCCC(O)c1cccc2ccccc12)c1cccc([N+](=O)[O-])c1. The fourth-order valence-corrected chi connectivity index (χ4v) is 2.88. The van der Waals surface area contributed by atoms with Gasteiger partial charge in [0.25, 0.3) is 11.6 Å². The summed E-state index contributed by atoms with van der Waals surface area (Å²) in [5.74, 6) is -0.404. The molecule has 2 N–H and O–H groups in total. The van der Waals surface area contributed by atoms with Gasteiger partial charge >= 0.3 is 0 Å². The number of nitro groups is 1. The van der Waals surface area contributed by atoms with Crippen LogP contribution in [0.3, 0.4) is 0 Å². The summed E-state index contributed by atoms with van der Waals surface area (Å²) in [6.45, 7) is 0.256. The summed E-state index contributed by atoms with van der Waals surface area (Å²) in [6.07, 6.45) is -0.374. The van der Waals surface area contributed by atoms with Gasteiger partial charge < -0.3 is 10.4 Å². The third-order valence-corrected chi connectivity index (χ3v) is 4.20. The Bertz CT molecular complexity index is 950. The Labute approximate surface area is 150 Å². The van der Waals surface area contributed by atoms with E-state index in [1.54, 1.807) is 0 Å². The summed E-state index contributed by atoms with van der Waals surface area (Å²) in [5.41, 5.74) is 0.903. The van der Waals surface area contributed by atoms with Crippen molar-refractivity contribution >= 4 is 22.4 Å². The molecule has 1 amide bonds. The normalized spacial score (nSPS) is 11.9. The van der Waals surface area contributed by atoms with Crippen LogP contribution in [0.5, 0.6) is 0 Å². The molecule has 26 heavy (non-hydrogen) atoms. The van der Waals surface area contributed by atoms with E-state index in [0.29, 0.717) is 6.42 Å². The first-order valence-electron chi connectivity index (χ1n) is 8.24. The number of aliphatic hydroxyl groups is 1. The van der Waals surface area contributed by atoms with E-state index in [9.17, 15) is 20.0 Å². The molecule has 0 saturated carbocycles. The molecule has 6 nitrogen and oxygen atoms in total. The van der Waals surface area contributed by atoms with Crippen molar-refractivity contribution in [1.29, 1.82) is 0 Å². The van der Waals surface area contributed by atoms with E-state index in [1.807, 2.05) is 42.5 Å². The first kappa shape index (κ1) is 17.6. The van der Waals surface area contributed by atoms with Gasteiger partial charge in [-0.3, -0.25) is 14.9 Å². The Morgan fingerprint density at radius 3 is 2.62 bits per heavy atom. The number of hydrogen-bond donors (Lipinski definition) is 2. The number of rotatable bonds is 6. The number of carbonyl (C=O) groups excluding carboxylic acids is 1. The van der Waals surface area contributed by atoms with Gasteiger partial charge in [0.15, 0.2) is 0 Å². The predicted molar refractivity (Wildman–Crippen MR) is 99.0 cm³/mol. The average Bonchev–Trinajstić information content (AvgIpc) is 2.67. The van der Waals surface area contributed by atoms with Crippen LogP contribution in [0.1, 0.15) is 28.4 Å². The average molecular weight is 350 g/mol. The van der Waals surface area contributed by atoms with Gasteiger partial charge in [0, 0.05) is 24.2 Å². The van der Waals surface area contributed by atoms with Gasteiger partial charge in [-0.2, -0.15) is 0 Å². The molecule has 0 aliphatic heterocycles. The Balaban J connectivity index is 1.63. The van der Waals surface area contributed by atoms with E-state index in [1.165, 1.54) is 24.3 Å². The molecule has 1 unspecified atom stereocenters. The molecule has 0 spiro atoms. The number of nitrogens with one attached hydrogen (secondary N) is 1. The second kappa shape index (κ2) is 7.76. The molecular formula is C20H18N2O4. The van der Waals surface area contributed by atoms with Crippen LogP contribution < -0.4 is 5.32 Å². The lowest BCUT2D eigenvalue weighted by Gasteiger charge is -2.14. The molecule has 0 heterocycles. The van der Waals surface area contributed by atoms with Gasteiger partial charge in [-0.1, -0.05) is 48.5 Å². The third-order valence-electron chi connectivity index (χ3n) is 4.20. The van der Waals surface area contributed by atoms with E-state index in [0.717, 1.165) is 16.3 Å². The van der Waals surface area contributed by atoms with Crippen LogP contribution in [-0.4, -0.2) is 22.5 Å². The predicted octanol–water partition coefficient (Wildman–Crippen LogP) is 3.60. The number of fused-ring (bicyclic) bond motifs is 1. The van der Waals surface area contributed by atoms with Crippen LogP contribution in [0.25, 0.3) is 10.8 Å². The van der Waals surface area contributed by atoms with Crippen LogP contribution in [0.4, 0.5) is 5.69 Å². The standard InChI is InChI=1S/C20H18N2O4/c23-19(18-10-4-6-14-5-1-2-9-17(14)18)11-12-21-20(24)15-7-3-8-16(13-15)22(25)26/h1-10,13,19,23H,11-12H2,(H,21,24). The molecule has 132 valence electrons. The van der Waals surface area contributed by atoms with Crippen molar-refractivity contribution in [1.82, 2.24) is 5.32 Å². The quantitative estimate of drug-likeness (QED) is 0.525. The zero-order valence-electron chi connectivity index (χ0n) is 14.0. The van der Waals surface area contributed by atoms with Gasteiger partial charge in [0.1, 0.15) is 0 Å². The number of benzene rings is 3. The second-order valence-electron chi connectivity index (χ2n) is 5.94. The van der Waals surface area contributed by atoms with Crippen LogP contribution in [0.2, 0.25) is 0 Å². The Kier molecular flexibility index (Phi) is 5.24. The minimum atomic E-state index is -0.716. The van der Waals surface area contributed by atoms with Gasteiger partial charge in [0.2, 0.25) is 0 Å². The maximum Gasteiger partial charge on any atom is 0.270 e. The lowest BCUT2D eigenvalue weighted by molar-refractivity contribution is -0.384. The fraction of sp³-hybridized carbons (Fsp3) is 0.150. The lowest BCUT2D eigenvalue weighted by atomic mass is 9.99. The highest BCUT2D eigenvalue weighted by Gasteiger charge is 2.14. The Morgan fingerprint density at radius 2 is 1.81 bits per heavy atom. The maximum atomic E-state index is 12.1. The summed E-state index contributed by atoms with van der Waals surface area (Å²) in [4.78, 5) is 22.4. The molecule has 0 fully saturated rings. The number of aliphatic hydroxyl groups excluding tert-OH is 1. The largest absolute Gasteiger partial charge is 0.388 e. The zero-order chi connectivity index (χ0) is 18.5. The van der Waals surface area contributed by atoms with Crippen LogP contribution in [0.15, 0.2) is 66.7 Å². The summed E-state index contributed by atoms with van der Waals surface area (Å²) in [7, 11) is 0. The van der Waals surface area contributed by atoms with Gasteiger partial charge in [0.05, 0.1) is 11.0 Å². The molecule has 0 aliphatic carbocycles. The Hall–Kier alpha value is -3.25. The first-order valence-corrected chi connectivity index (χ1v) is 8.24. The number of nitrogens with zero attached hydrogens (tertiary/aromatic N) is 1. The third kappa shape index (κ3) is 3.87. The van der Waals surface area contributed by atoms with Crippen LogP contribution in [-0.2, 0) is 0 Å². The number of carbonyl (C=O) groups is 1. The van der Waals surface area contributed by atoms with E-state index in [2.05, 4.69) is 5.32 Å². The highest BCUT2D eigenvalue weighted by atomic mass is 16.6. The van der Waals surface area contributed by atoms with Gasteiger partial charge in [-0.05, 0) is 28.8 Å². The molecule has 0 radical (unpaired) electrons. The van der Waals surface area contributed by atoms with Crippen molar-refractivity contribution in [3.8, 4) is 0 Å². The molecule has 0 saturated heterocycles. The van der Waals surface area contributed by atoms with E-state index < -0.39 is 16.9 Å². The zero-order valence-corrected chi connectivity index (χ0v) is 14.0. The molecule has 0 aliphatic rings. The van der Waals surface area contributed by atoms with Gasteiger partial charge in [-0.15, -0.1) is 0 Å².